The minimum absolute atomic E-state index is 0.605. The lowest BCUT2D eigenvalue weighted by Gasteiger charge is -2.12. The van der Waals surface area contributed by atoms with Crippen molar-refractivity contribution in [1.82, 2.24) is 10.6 Å². The molecular formula is C16H27N3O2. The van der Waals surface area contributed by atoms with Crippen LogP contribution in [0.3, 0.4) is 0 Å². The lowest BCUT2D eigenvalue weighted by Crippen LogP contribution is -2.39. The molecule has 0 aromatic heterocycles. The Morgan fingerprint density at radius 2 is 1.90 bits per heavy atom. The molecule has 0 fully saturated rings. The smallest absolute Gasteiger partial charge is 0.191 e. The van der Waals surface area contributed by atoms with Gasteiger partial charge in [0.05, 0.1) is 6.54 Å². The Kier molecular flexibility index (Phi) is 9.91. The first-order valence-corrected chi connectivity index (χ1v) is 7.64. The number of ether oxygens (including phenoxy) is 2. The molecule has 0 saturated carbocycles. The minimum atomic E-state index is 0.605. The van der Waals surface area contributed by atoms with E-state index in [2.05, 4.69) is 22.5 Å². The number of para-hydroxylation sites is 1. The van der Waals surface area contributed by atoms with Crippen molar-refractivity contribution in [2.45, 2.75) is 20.3 Å². The van der Waals surface area contributed by atoms with E-state index in [-0.39, 0.29) is 0 Å². The van der Waals surface area contributed by atoms with E-state index in [1.807, 2.05) is 37.3 Å². The minimum Gasteiger partial charge on any atom is -0.492 e. The average molecular weight is 293 g/mol. The van der Waals surface area contributed by atoms with Gasteiger partial charge in [-0.2, -0.15) is 0 Å². The van der Waals surface area contributed by atoms with Crippen LogP contribution in [0.2, 0.25) is 0 Å². The van der Waals surface area contributed by atoms with Gasteiger partial charge in [-0.05, 0) is 32.4 Å². The summed E-state index contributed by atoms with van der Waals surface area (Å²) in [6.07, 6.45) is 0.935. The first-order valence-electron chi connectivity index (χ1n) is 7.64. The highest BCUT2D eigenvalue weighted by molar-refractivity contribution is 5.79. The van der Waals surface area contributed by atoms with E-state index in [0.29, 0.717) is 13.2 Å². The van der Waals surface area contributed by atoms with Gasteiger partial charge in [0.1, 0.15) is 12.4 Å². The summed E-state index contributed by atoms with van der Waals surface area (Å²) in [4.78, 5) is 4.49. The monoisotopic (exact) mass is 293 g/mol. The Morgan fingerprint density at radius 3 is 2.62 bits per heavy atom. The second kappa shape index (κ2) is 12.0. The van der Waals surface area contributed by atoms with Crippen molar-refractivity contribution in [1.29, 1.82) is 0 Å². The van der Waals surface area contributed by atoms with E-state index in [1.165, 1.54) is 0 Å². The lowest BCUT2D eigenvalue weighted by atomic mass is 10.3. The molecule has 0 bridgehead atoms. The number of hydrogen-bond donors (Lipinski definition) is 2. The number of hydrogen-bond acceptors (Lipinski definition) is 3. The number of rotatable bonds is 10. The zero-order valence-corrected chi connectivity index (χ0v) is 13.1. The Labute approximate surface area is 127 Å². The van der Waals surface area contributed by atoms with E-state index in [4.69, 9.17) is 9.47 Å². The van der Waals surface area contributed by atoms with Crippen LogP contribution >= 0.6 is 0 Å². The van der Waals surface area contributed by atoms with Crippen molar-refractivity contribution in [3.8, 4) is 5.75 Å². The molecule has 118 valence electrons. The quantitative estimate of drug-likeness (QED) is 0.394. The molecule has 0 aliphatic heterocycles. The molecule has 0 heterocycles. The first kappa shape index (κ1) is 17.3. The van der Waals surface area contributed by atoms with Gasteiger partial charge >= 0.3 is 0 Å². The topological polar surface area (TPSA) is 54.9 Å². The summed E-state index contributed by atoms with van der Waals surface area (Å²) in [6.45, 7) is 8.50. The molecule has 2 N–H and O–H groups in total. The second-order valence-corrected chi connectivity index (χ2v) is 4.40. The molecule has 0 spiro atoms. The third-order valence-corrected chi connectivity index (χ3v) is 2.67. The van der Waals surface area contributed by atoms with Crippen molar-refractivity contribution in [3.63, 3.8) is 0 Å². The lowest BCUT2D eigenvalue weighted by molar-refractivity contribution is 0.146. The number of guanidine groups is 1. The SMILES string of the molecule is CCNC(=NCCCOCC)NCCOc1ccccc1. The highest BCUT2D eigenvalue weighted by Crippen LogP contribution is 2.07. The van der Waals surface area contributed by atoms with Crippen LogP contribution in [0.25, 0.3) is 0 Å². The Morgan fingerprint density at radius 1 is 1.10 bits per heavy atom. The van der Waals surface area contributed by atoms with Gasteiger partial charge in [0, 0.05) is 26.3 Å². The maximum absolute atomic E-state index is 5.63. The number of aliphatic imine (C=N–C) groups is 1. The van der Waals surface area contributed by atoms with Crippen LogP contribution in [0.5, 0.6) is 5.75 Å². The van der Waals surface area contributed by atoms with Crippen LogP contribution in [0.15, 0.2) is 35.3 Å². The molecule has 0 aliphatic rings. The molecule has 1 rings (SSSR count). The maximum atomic E-state index is 5.63. The summed E-state index contributed by atoms with van der Waals surface area (Å²) < 4.78 is 10.9. The van der Waals surface area contributed by atoms with Gasteiger partial charge in [-0.25, -0.2) is 0 Å². The average Bonchev–Trinajstić information content (AvgIpc) is 2.52. The van der Waals surface area contributed by atoms with Gasteiger partial charge in [0.25, 0.3) is 0 Å². The highest BCUT2D eigenvalue weighted by atomic mass is 16.5. The molecule has 5 heteroatoms. The van der Waals surface area contributed by atoms with Crippen LogP contribution < -0.4 is 15.4 Å². The molecule has 0 unspecified atom stereocenters. The molecule has 0 radical (unpaired) electrons. The number of nitrogens with one attached hydrogen (secondary N) is 2. The maximum Gasteiger partial charge on any atom is 0.191 e. The fourth-order valence-corrected chi connectivity index (χ4v) is 1.70. The molecular weight excluding hydrogens is 266 g/mol. The fraction of sp³-hybridized carbons (Fsp3) is 0.562. The number of nitrogens with zero attached hydrogens (tertiary/aromatic N) is 1. The van der Waals surface area contributed by atoms with E-state index in [1.54, 1.807) is 0 Å². The second-order valence-electron chi connectivity index (χ2n) is 4.40. The van der Waals surface area contributed by atoms with Gasteiger partial charge in [-0.3, -0.25) is 4.99 Å². The van der Waals surface area contributed by atoms with Gasteiger partial charge in [0.15, 0.2) is 5.96 Å². The predicted octanol–water partition coefficient (Wildman–Crippen LogP) is 2.05. The van der Waals surface area contributed by atoms with E-state index in [9.17, 15) is 0 Å². The molecule has 1 aromatic carbocycles. The van der Waals surface area contributed by atoms with E-state index in [0.717, 1.165) is 44.4 Å². The van der Waals surface area contributed by atoms with Crippen molar-refractivity contribution in [2.75, 3.05) is 39.5 Å². The fourth-order valence-electron chi connectivity index (χ4n) is 1.70. The summed E-state index contributed by atoms with van der Waals surface area (Å²) in [5.41, 5.74) is 0. The highest BCUT2D eigenvalue weighted by Gasteiger charge is 1.97. The van der Waals surface area contributed by atoms with Gasteiger partial charge < -0.3 is 20.1 Å². The molecule has 21 heavy (non-hydrogen) atoms. The Bertz CT molecular complexity index is 382. The largest absolute Gasteiger partial charge is 0.492 e. The molecule has 0 aliphatic carbocycles. The predicted molar refractivity (Wildman–Crippen MR) is 87.0 cm³/mol. The van der Waals surface area contributed by atoms with Gasteiger partial charge in [0.2, 0.25) is 0 Å². The Balaban J connectivity index is 2.19. The van der Waals surface area contributed by atoms with Crippen LogP contribution in [0, 0.1) is 0 Å². The summed E-state index contributed by atoms with van der Waals surface area (Å²) in [5, 5.41) is 6.47. The van der Waals surface area contributed by atoms with Crippen LogP contribution in [-0.2, 0) is 4.74 Å². The van der Waals surface area contributed by atoms with Crippen LogP contribution in [0.1, 0.15) is 20.3 Å². The molecule has 0 saturated heterocycles. The summed E-state index contributed by atoms with van der Waals surface area (Å²) in [7, 11) is 0. The third kappa shape index (κ3) is 8.92. The summed E-state index contributed by atoms with van der Waals surface area (Å²) in [5.74, 6) is 1.71. The molecule has 0 amide bonds. The van der Waals surface area contributed by atoms with Crippen molar-refractivity contribution >= 4 is 5.96 Å². The third-order valence-electron chi connectivity index (χ3n) is 2.67. The molecule has 1 aromatic rings. The zero-order valence-electron chi connectivity index (χ0n) is 13.1. The standard InChI is InChI=1S/C16H27N3O2/c1-3-17-16(18-11-8-13-20-4-2)19-12-14-21-15-9-6-5-7-10-15/h5-7,9-10H,3-4,8,11-14H2,1-2H3,(H2,17,18,19). The Hall–Kier alpha value is -1.75. The van der Waals surface area contributed by atoms with Gasteiger partial charge in [-0.1, -0.05) is 18.2 Å². The van der Waals surface area contributed by atoms with Gasteiger partial charge in [-0.15, -0.1) is 0 Å². The molecule has 5 nitrogen and oxygen atoms in total. The molecule has 0 atom stereocenters. The zero-order chi connectivity index (χ0) is 15.2. The van der Waals surface area contributed by atoms with Crippen LogP contribution in [-0.4, -0.2) is 45.4 Å². The van der Waals surface area contributed by atoms with Crippen molar-refractivity contribution in [2.24, 2.45) is 4.99 Å². The normalized spacial score (nSPS) is 11.2. The summed E-state index contributed by atoms with van der Waals surface area (Å²) in [6, 6.07) is 9.81. The summed E-state index contributed by atoms with van der Waals surface area (Å²) >= 11 is 0. The number of benzene rings is 1. The van der Waals surface area contributed by atoms with Crippen LogP contribution in [0.4, 0.5) is 0 Å². The van der Waals surface area contributed by atoms with E-state index >= 15 is 0 Å². The van der Waals surface area contributed by atoms with Crippen molar-refractivity contribution in [3.05, 3.63) is 30.3 Å². The first-order chi connectivity index (χ1) is 10.4. The van der Waals surface area contributed by atoms with E-state index < -0.39 is 0 Å². The van der Waals surface area contributed by atoms with Crippen molar-refractivity contribution < 1.29 is 9.47 Å².